The lowest BCUT2D eigenvalue weighted by Crippen LogP contribution is -2.56. The van der Waals surface area contributed by atoms with Gasteiger partial charge in [-0.3, -0.25) is 9.59 Å². The van der Waals surface area contributed by atoms with Gasteiger partial charge in [0.2, 0.25) is 11.8 Å². The Labute approximate surface area is 154 Å². The number of nitrogens with two attached hydrogens (primary N) is 1. The second kappa shape index (κ2) is 9.12. The van der Waals surface area contributed by atoms with Crippen molar-refractivity contribution < 1.29 is 29.7 Å². The quantitative estimate of drug-likeness (QED) is 0.266. The molecule has 8 N–H and O–H groups in total. The number of rotatable bonds is 9. The molecule has 0 aliphatic rings. The van der Waals surface area contributed by atoms with Gasteiger partial charge in [0.15, 0.2) is 0 Å². The molecule has 1 heterocycles. The van der Waals surface area contributed by atoms with Crippen molar-refractivity contribution in [2.24, 2.45) is 5.73 Å². The standard InChI is InChI=1S/C17H22N4O6/c18-11(7-22)15(24)21-14(8-23)16(25)20-13(17(26)27)5-9-6-19-12-4-2-1-3-10(9)12/h1-4,6,11,13-14,19,22-23H,5,7-8,18H2,(H,20,25)(H,21,24)(H,26,27)/t11-,13-,14-/m0/s1. The van der Waals surface area contributed by atoms with Crippen molar-refractivity contribution in [2.45, 2.75) is 24.5 Å². The van der Waals surface area contributed by atoms with Crippen LogP contribution < -0.4 is 16.4 Å². The zero-order valence-electron chi connectivity index (χ0n) is 14.4. The molecule has 2 aromatic rings. The van der Waals surface area contributed by atoms with Crippen molar-refractivity contribution in [1.82, 2.24) is 15.6 Å². The summed E-state index contributed by atoms with van der Waals surface area (Å²) in [5.41, 5.74) is 6.87. The number of carboxylic acid groups (broad SMARTS) is 1. The van der Waals surface area contributed by atoms with Crippen molar-refractivity contribution in [3.8, 4) is 0 Å². The summed E-state index contributed by atoms with van der Waals surface area (Å²) >= 11 is 0. The van der Waals surface area contributed by atoms with Gasteiger partial charge in [-0.25, -0.2) is 4.79 Å². The van der Waals surface area contributed by atoms with Crippen LogP contribution in [-0.4, -0.2) is 69.4 Å². The Morgan fingerprint density at radius 1 is 1.04 bits per heavy atom. The smallest absolute Gasteiger partial charge is 0.326 e. The minimum Gasteiger partial charge on any atom is -0.480 e. The van der Waals surface area contributed by atoms with E-state index in [2.05, 4.69) is 15.6 Å². The fourth-order valence-corrected chi connectivity index (χ4v) is 2.55. The molecule has 0 fully saturated rings. The van der Waals surface area contributed by atoms with E-state index in [1.807, 2.05) is 24.3 Å². The summed E-state index contributed by atoms with van der Waals surface area (Å²) < 4.78 is 0. The average Bonchev–Trinajstić information content (AvgIpc) is 3.07. The van der Waals surface area contributed by atoms with Gasteiger partial charge in [-0.15, -0.1) is 0 Å². The van der Waals surface area contributed by atoms with Gasteiger partial charge in [0.05, 0.1) is 13.2 Å². The molecule has 146 valence electrons. The molecule has 10 heteroatoms. The van der Waals surface area contributed by atoms with Crippen LogP contribution in [0.3, 0.4) is 0 Å². The number of H-pyrrole nitrogens is 1. The summed E-state index contributed by atoms with van der Waals surface area (Å²) in [6.45, 7) is -1.39. The summed E-state index contributed by atoms with van der Waals surface area (Å²) in [7, 11) is 0. The molecule has 0 aliphatic carbocycles. The molecular formula is C17H22N4O6. The number of aliphatic carboxylic acids is 1. The fourth-order valence-electron chi connectivity index (χ4n) is 2.55. The van der Waals surface area contributed by atoms with E-state index in [1.165, 1.54) is 0 Å². The van der Waals surface area contributed by atoms with E-state index in [0.29, 0.717) is 5.56 Å². The first-order valence-corrected chi connectivity index (χ1v) is 8.23. The van der Waals surface area contributed by atoms with Gasteiger partial charge in [0, 0.05) is 23.5 Å². The van der Waals surface area contributed by atoms with Crippen LogP contribution in [0.15, 0.2) is 30.5 Å². The molecule has 2 rings (SSSR count). The summed E-state index contributed by atoms with van der Waals surface area (Å²) in [5.74, 6) is -2.97. The average molecular weight is 378 g/mol. The molecule has 0 aliphatic heterocycles. The van der Waals surface area contributed by atoms with E-state index in [9.17, 15) is 24.6 Å². The SMILES string of the molecule is N[C@@H](CO)C(=O)N[C@@H](CO)C(=O)N[C@@H](Cc1c[nH]c2ccccc12)C(=O)O. The number of amides is 2. The highest BCUT2D eigenvalue weighted by atomic mass is 16.4. The van der Waals surface area contributed by atoms with Crippen molar-refractivity contribution in [2.75, 3.05) is 13.2 Å². The Morgan fingerprint density at radius 2 is 1.70 bits per heavy atom. The third-order valence-electron chi connectivity index (χ3n) is 4.06. The van der Waals surface area contributed by atoms with E-state index >= 15 is 0 Å². The molecule has 0 spiro atoms. The summed E-state index contributed by atoms with van der Waals surface area (Å²) in [4.78, 5) is 38.5. The Morgan fingerprint density at radius 3 is 2.33 bits per heavy atom. The molecular weight excluding hydrogens is 356 g/mol. The lowest BCUT2D eigenvalue weighted by molar-refractivity contribution is -0.142. The van der Waals surface area contributed by atoms with Gasteiger partial charge in [0.25, 0.3) is 0 Å². The minimum absolute atomic E-state index is 0.00728. The highest BCUT2D eigenvalue weighted by Crippen LogP contribution is 2.19. The van der Waals surface area contributed by atoms with Gasteiger partial charge < -0.3 is 36.7 Å². The van der Waals surface area contributed by atoms with Crippen LogP contribution in [0.25, 0.3) is 10.9 Å². The second-order valence-corrected chi connectivity index (χ2v) is 6.00. The Bertz CT molecular complexity index is 821. The Hall–Kier alpha value is -2.95. The normalized spacial score (nSPS) is 14.3. The highest BCUT2D eigenvalue weighted by Gasteiger charge is 2.28. The zero-order chi connectivity index (χ0) is 20.0. The van der Waals surface area contributed by atoms with Crippen molar-refractivity contribution >= 4 is 28.7 Å². The maximum atomic E-state index is 12.3. The first kappa shape index (κ1) is 20.4. The number of aliphatic hydroxyl groups is 2. The van der Waals surface area contributed by atoms with Gasteiger partial charge in [0.1, 0.15) is 18.1 Å². The minimum atomic E-state index is -1.39. The third-order valence-corrected chi connectivity index (χ3v) is 4.06. The van der Waals surface area contributed by atoms with E-state index in [0.717, 1.165) is 10.9 Å². The van der Waals surface area contributed by atoms with Crippen LogP contribution in [-0.2, 0) is 20.8 Å². The van der Waals surface area contributed by atoms with Gasteiger partial charge >= 0.3 is 5.97 Å². The molecule has 3 atom stereocenters. The predicted molar refractivity (Wildman–Crippen MR) is 95.6 cm³/mol. The highest BCUT2D eigenvalue weighted by molar-refractivity contribution is 5.92. The van der Waals surface area contributed by atoms with Crippen LogP contribution in [0.2, 0.25) is 0 Å². The number of fused-ring (bicyclic) bond motifs is 1. The number of aromatic amines is 1. The number of nitrogens with one attached hydrogen (secondary N) is 3. The topological polar surface area (TPSA) is 178 Å². The molecule has 0 unspecified atom stereocenters. The fraction of sp³-hybridized carbons (Fsp3) is 0.353. The molecule has 1 aromatic heterocycles. The van der Waals surface area contributed by atoms with Crippen LogP contribution in [0.4, 0.5) is 0 Å². The van der Waals surface area contributed by atoms with Crippen molar-refractivity contribution in [1.29, 1.82) is 0 Å². The van der Waals surface area contributed by atoms with E-state index in [-0.39, 0.29) is 6.42 Å². The zero-order valence-corrected chi connectivity index (χ0v) is 14.4. The molecule has 10 nitrogen and oxygen atoms in total. The molecule has 1 aromatic carbocycles. The number of aliphatic hydroxyl groups excluding tert-OH is 2. The van der Waals surface area contributed by atoms with Gasteiger partial charge in [-0.05, 0) is 11.6 Å². The lowest BCUT2D eigenvalue weighted by atomic mass is 10.0. The number of hydrogen-bond donors (Lipinski definition) is 7. The molecule has 0 saturated carbocycles. The third kappa shape index (κ3) is 5.03. The van der Waals surface area contributed by atoms with E-state index in [4.69, 9.17) is 10.8 Å². The van der Waals surface area contributed by atoms with Gasteiger partial charge in [-0.1, -0.05) is 18.2 Å². The second-order valence-electron chi connectivity index (χ2n) is 6.00. The molecule has 0 bridgehead atoms. The van der Waals surface area contributed by atoms with E-state index in [1.54, 1.807) is 6.20 Å². The molecule has 27 heavy (non-hydrogen) atoms. The van der Waals surface area contributed by atoms with E-state index < -0.39 is 49.1 Å². The summed E-state index contributed by atoms with van der Waals surface area (Å²) in [6.07, 6.45) is 1.67. The maximum absolute atomic E-state index is 12.3. The molecule has 0 saturated heterocycles. The van der Waals surface area contributed by atoms with Crippen LogP contribution in [0.1, 0.15) is 5.56 Å². The number of carboxylic acids is 1. The van der Waals surface area contributed by atoms with Gasteiger partial charge in [-0.2, -0.15) is 0 Å². The maximum Gasteiger partial charge on any atom is 0.326 e. The number of benzene rings is 1. The van der Waals surface area contributed by atoms with Crippen LogP contribution >= 0.6 is 0 Å². The predicted octanol–water partition coefficient (Wildman–Crippen LogP) is -1.92. The van der Waals surface area contributed by atoms with Crippen LogP contribution in [0.5, 0.6) is 0 Å². The number of hydrogen-bond acceptors (Lipinski definition) is 6. The largest absolute Gasteiger partial charge is 0.480 e. The number of carbonyl (C=O) groups is 3. The van der Waals surface area contributed by atoms with Crippen molar-refractivity contribution in [3.05, 3.63) is 36.0 Å². The number of para-hydroxylation sites is 1. The Kier molecular flexibility index (Phi) is 6.88. The Balaban J connectivity index is 2.09. The number of carbonyl (C=O) groups excluding carboxylic acids is 2. The first-order chi connectivity index (χ1) is 12.9. The van der Waals surface area contributed by atoms with Crippen molar-refractivity contribution in [3.63, 3.8) is 0 Å². The molecule has 2 amide bonds. The summed E-state index contributed by atoms with van der Waals surface area (Å²) in [6, 6.07) is 3.41. The first-order valence-electron chi connectivity index (χ1n) is 8.23. The summed E-state index contributed by atoms with van der Waals surface area (Å²) in [5, 5.41) is 32.9. The lowest BCUT2D eigenvalue weighted by Gasteiger charge is -2.21. The van der Waals surface area contributed by atoms with Crippen LogP contribution in [0, 0.1) is 0 Å². The number of aromatic nitrogens is 1. The molecule has 0 radical (unpaired) electrons. The monoisotopic (exact) mass is 378 g/mol.